The number of ether oxygens (including phenoxy) is 2. The smallest absolute Gasteiger partial charge is 0.194 e. The van der Waals surface area contributed by atoms with Crippen molar-refractivity contribution in [3.8, 4) is 78.6 Å². The van der Waals surface area contributed by atoms with Crippen LogP contribution in [0.2, 0.25) is 0 Å². The van der Waals surface area contributed by atoms with Gasteiger partial charge in [0.25, 0.3) is 0 Å². The molecule has 0 radical (unpaired) electrons. The molecule has 13 rings (SSSR count). The van der Waals surface area contributed by atoms with Gasteiger partial charge in [0.15, 0.2) is 23.0 Å². The monoisotopic (exact) mass is 817 g/mol. The first-order valence-electron chi connectivity index (χ1n) is 21.9. The Balaban J connectivity index is 0.969. The summed E-state index contributed by atoms with van der Waals surface area (Å²) in [7, 11) is 0. The molecule has 64 heavy (non-hydrogen) atoms. The number of fused-ring (bicyclic) bond motifs is 13. The van der Waals surface area contributed by atoms with Crippen molar-refractivity contribution in [3.63, 3.8) is 0 Å². The van der Waals surface area contributed by atoms with Gasteiger partial charge in [-0.2, -0.15) is 0 Å². The fraction of sp³-hybridized carbons (Fsp3) is 0.0164. The van der Waals surface area contributed by atoms with E-state index in [2.05, 4.69) is 235 Å². The van der Waals surface area contributed by atoms with Crippen LogP contribution in [0.25, 0.3) is 55.6 Å². The Hall–Kier alpha value is -8.40. The van der Waals surface area contributed by atoms with E-state index in [0.29, 0.717) is 17.2 Å². The summed E-state index contributed by atoms with van der Waals surface area (Å²) in [6.07, 6.45) is 0. The lowest BCUT2D eigenvalue weighted by atomic mass is 9.70. The second-order valence-corrected chi connectivity index (χ2v) is 16.8. The molecule has 1 aliphatic heterocycles. The van der Waals surface area contributed by atoms with E-state index in [1.807, 2.05) is 6.07 Å². The molecule has 3 aliphatic rings. The van der Waals surface area contributed by atoms with E-state index < -0.39 is 5.41 Å². The summed E-state index contributed by atoms with van der Waals surface area (Å²) >= 11 is 0. The highest BCUT2D eigenvalue weighted by atomic mass is 16.6. The molecule has 10 aromatic carbocycles. The molecule has 0 aromatic heterocycles. The van der Waals surface area contributed by atoms with Gasteiger partial charge in [0.1, 0.15) is 0 Å². The Morgan fingerprint density at radius 1 is 0.297 bits per heavy atom. The minimum atomic E-state index is -0.496. The number of hydrogen-bond donors (Lipinski definition) is 0. The first-order chi connectivity index (χ1) is 31.7. The molecule has 3 nitrogen and oxygen atoms in total. The fourth-order valence-corrected chi connectivity index (χ4v) is 10.6. The predicted octanol–water partition coefficient (Wildman–Crippen LogP) is 16.4. The summed E-state index contributed by atoms with van der Waals surface area (Å²) in [5, 5.41) is 0. The van der Waals surface area contributed by atoms with Crippen LogP contribution in [-0.2, 0) is 5.41 Å². The normalized spacial score (nSPS) is 13.1. The molecule has 3 heteroatoms. The maximum atomic E-state index is 7.41. The highest BCUT2D eigenvalue weighted by Crippen LogP contribution is 2.67. The van der Waals surface area contributed by atoms with Crippen LogP contribution in [0.1, 0.15) is 22.3 Å². The van der Waals surface area contributed by atoms with Gasteiger partial charge in [0, 0.05) is 16.9 Å². The van der Waals surface area contributed by atoms with Crippen molar-refractivity contribution in [2.24, 2.45) is 0 Å². The molecule has 0 unspecified atom stereocenters. The maximum Gasteiger partial charge on any atom is 0.194 e. The minimum Gasteiger partial charge on any atom is -0.449 e. The molecule has 10 aromatic rings. The van der Waals surface area contributed by atoms with E-state index in [9.17, 15) is 0 Å². The second-order valence-electron chi connectivity index (χ2n) is 16.8. The summed E-state index contributed by atoms with van der Waals surface area (Å²) in [5.41, 5.74) is 19.2. The van der Waals surface area contributed by atoms with Crippen LogP contribution in [0.15, 0.2) is 237 Å². The van der Waals surface area contributed by atoms with E-state index >= 15 is 0 Å². The first kappa shape index (κ1) is 36.3. The van der Waals surface area contributed by atoms with Crippen molar-refractivity contribution in [1.82, 2.24) is 0 Å². The molecule has 300 valence electrons. The van der Waals surface area contributed by atoms with Gasteiger partial charge in [-0.25, -0.2) is 0 Å². The second kappa shape index (κ2) is 14.3. The standard InChI is InChI=1S/C61H39NO2/c1-3-15-40(16-4-1)42-29-31-44(32-30-42)45-19-13-20-47(39-45)62(46-35-33-43(34-36-46)41-17-5-2-6-18-41)55-27-14-28-56-59(55)64-60-57(63-56)38-37-54-58(60)50-23-9-12-26-53(50)61(54)51-24-10-7-21-48(51)49-22-8-11-25-52(49)61/h1-39H. The topological polar surface area (TPSA) is 21.7 Å². The molecule has 1 spiro atoms. The molecule has 0 bridgehead atoms. The zero-order valence-electron chi connectivity index (χ0n) is 34.8. The van der Waals surface area contributed by atoms with Crippen molar-refractivity contribution in [3.05, 3.63) is 259 Å². The Morgan fingerprint density at radius 3 is 1.42 bits per heavy atom. The molecule has 1 heterocycles. The van der Waals surface area contributed by atoms with E-state index in [1.54, 1.807) is 0 Å². The van der Waals surface area contributed by atoms with Crippen LogP contribution in [-0.4, -0.2) is 0 Å². The van der Waals surface area contributed by atoms with Crippen LogP contribution >= 0.6 is 0 Å². The van der Waals surface area contributed by atoms with Gasteiger partial charge in [-0.1, -0.05) is 194 Å². The van der Waals surface area contributed by atoms with E-state index in [4.69, 9.17) is 9.47 Å². The zero-order valence-corrected chi connectivity index (χ0v) is 34.8. The van der Waals surface area contributed by atoms with Gasteiger partial charge in [0.05, 0.1) is 11.1 Å². The van der Waals surface area contributed by atoms with Crippen LogP contribution in [0, 0.1) is 0 Å². The van der Waals surface area contributed by atoms with Crippen molar-refractivity contribution >= 4 is 17.1 Å². The molecular formula is C61H39NO2. The molecule has 0 saturated heterocycles. The van der Waals surface area contributed by atoms with Crippen molar-refractivity contribution in [1.29, 1.82) is 0 Å². The lowest BCUT2D eigenvalue weighted by Crippen LogP contribution is -2.25. The van der Waals surface area contributed by atoms with Gasteiger partial charge >= 0.3 is 0 Å². The van der Waals surface area contributed by atoms with Gasteiger partial charge in [-0.05, 0) is 115 Å². The molecule has 2 aliphatic carbocycles. The van der Waals surface area contributed by atoms with Crippen LogP contribution in [0.4, 0.5) is 17.1 Å². The molecule has 0 fully saturated rings. The summed E-state index contributed by atoms with van der Waals surface area (Å²) in [5.74, 6) is 2.77. The van der Waals surface area contributed by atoms with Gasteiger partial charge in [-0.3, -0.25) is 0 Å². The molecular weight excluding hydrogens is 779 g/mol. The Kier molecular flexibility index (Phi) is 8.13. The maximum absolute atomic E-state index is 7.41. The highest BCUT2D eigenvalue weighted by molar-refractivity contribution is 5.98. The number of rotatable bonds is 6. The van der Waals surface area contributed by atoms with Crippen molar-refractivity contribution in [2.75, 3.05) is 4.90 Å². The fourth-order valence-electron chi connectivity index (χ4n) is 10.6. The molecule has 0 amide bonds. The molecule has 0 N–H and O–H groups in total. The van der Waals surface area contributed by atoms with E-state index in [0.717, 1.165) is 50.6 Å². The quantitative estimate of drug-likeness (QED) is 0.167. The average Bonchev–Trinajstić information content (AvgIpc) is 3.85. The van der Waals surface area contributed by atoms with Crippen molar-refractivity contribution in [2.45, 2.75) is 5.41 Å². The van der Waals surface area contributed by atoms with Crippen LogP contribution in [0.3, 0.4) is 0 Å². The molecule has 0 atom stereocenters. The van der Waals surface area contributed by atoms with E-state index in [-0.39, 0.29) is 0 Å². The Morgan fingerprint density at radius 2 is 0.781 bits per heavy atom. The Labute approximate surface area is 372 Å². The summed E-state index contributed by atoms with van der Waals surface area (Å²) in [6.45, 7) is 0. The highest BCUT2D eigenvalue weighted by Gasteiger charge is 2.53. The van der Waals surface area contributed by atoms with E-state index in [1.165, 1.54) is 50.1 Å². The van der Waals surface area contributed by atoms with Gasteiger partial charge < -0.3 is 14.4 Å². The minimum absolute atomic E-state index is 0.496. The number of hydrogen-bond acceptors (Lipinski definition) is 3. The van der Waals surface area contributed by atoms with Crippen LogP contribution in [0.5, 0.6) is 23.0 Å². The first-order valence-corrected chi connectivity index (χ1v) is 21.9. The average molecular weight is 818 g/mol. The lowest BCUT2D eigenvalue weighted by Gasteiger charge is -2.32. The largest absolute Gasteiger partial charge is 0.449 e. The third-order valence-electron chi connectivity index (χ3n) is 13.4. The third kappa shape index (κ3) is 5.41. The number of anilines is 3. The molecule has 0 saturated carbocycles. The summed E-state index contributed by atoms with van der Waals surface area (Å²) in [6, 6.07) is 84.7. The number of benzene rings is 10. The summed E-state index contributed by atoms with van der Waals surface area (Å²) < 4.78 is 14.3. The zero-order chi connectivity index (χ0) is 42.2. The van der Waals surface area contributed by atoms with Crippen molar-refractivity contribution < 1.29 is 9.47 Å². The van der Waals surface area contributed by atoms with Gasteiger partial charge in [-0.15, -0.1) is 0 Å². The van der Waals surface area contributed by atoms with Gasteiger partial charge in [0.2, 0.25) is 0 Å². The van der Waals surface area contributed by atoms with Crippen LogP contribution < -0.4 is 14.4 Å². The SMILES string of the molecule is c1ccc(-c2ccc(-c3cccc(N(c4ccc(-c5ccccc5)cc4)c4cccc5c4Oc4c(ccc6c4-c4ccccc4C64c6ccccc6-c6ccccc64)O5)c3)cc2)cc1. The number of nitrogens with zero attached hydrogens (tertiary/aromatic N) is 1. The summed E-state index contributed by atoms with van der Waals surface area (Å²) in [4.78, 5) is 2.30. The number of para-hydroxylation sites is 1. The lowest BCUT2D eigenvalue weighted by molar-refractivity contribution is 0.361. The third-order valence-corrected chi connectivity index (χ3v) is 13.4. The Bertz CT molecular complexity index is 3380. The predicted molar refractivity (Wildman–Crippen MR) is 260 cm³/mol.